The van der Waals surface area contributed by atoms with Gasteiger partial charge in [0, 0.05) is 12.7 Å². The number of hydrogen-bond acceptors (Lipinski definition) is 3. The molecule has 0 unspecified atom stereocenters. The molecule has 0 aliphatic rings. The van der Waals surface area contributed by atoms with E-state index in [1.807, 2.05) is 27.7 Å². The van der Waals surface area contributed by atoms with Crippen molar-refractivity contribution in [2.45, 2.75) is 47.6 Å². The second-order valence-electron chi connectivity index (χ2n) is 2.05. The van der Waals surface area contributed by atoms with Crippen molar-refractivity contribution in [3.8, 4) is 0 Å². The molecule has 14 heavy (non-hydrogen) atoms. The molecule has 0 fully saturated rings. The van der Waals surface area contributed by atoms with E-state index in [0.717, 1.165) is 0 Å². The van der Waals surface area contributed by atoms with Gasteiger partial charge in [0.2, 0.25) is 5.91 Å². The average molecular weight is 221 g/mol. The third-order valence-electron chi connectivity index (χ3n) is 1.05. The number of thiol groups is 1. The first-order chi connectivity index (χ1) is 6.57. The van der Waals surface area contributed by atoms with E-state index in [2.05, 4.69) is 17.9 Å². The Labute approximate surface area is 93.1 Å². The van der Waals surface area contributed by atoms with Gasteiger partial charge in [-0.3, -0.25) is 9.59 Å². The van der Waals surface area contributed by atoms with Crippen LogP contribution in [0.3, 0.4) is 0 Å². The van der Waals surface area contributed by atoms with Crippen LogP contribution in [-0.4, -0.2) is 23.5 Å². The molecule has 3 nitrogen and oxygen atoms in total. The molecule has 0 aromatic heterocycles. The maximum absolute atomic E-state index is 10.6. The molecule has 0 rings (SSSR count). The highest BCUT2D eigenvalue weighted by Gasteiger charge is 2.11. The summed E-state index contributed by atoms with van der Waals surface area (Å²) in [6.45, 7) is 10.8. The highest BCUT2D eigenvalue weighted by atomic mass is 32.1. The molecule has 4 heteroatoms. The summed E-state index contributed by atoms with van der Waals surface area (Å²) in [6, 6.07) is -0.430. The second kappa shape index (κ2) is 15.0. The Hall–Kier alpha value is -0.510. The molecule has 0 aliphatic heterocycles. The van der Waals surface area contributed by atoms with E-state index in [1.165, 1.54) is 13.8 Å². The Morgan fingerprint density at radius 1 is 1.14 bits per heavy atom. The molecule has 0 aromatic rings. The van der Waals surface area contributed by atoms with Crippen molar-refractivity contribution in [2.75, 3.05) is 5.75 Å². The van der Waals surface area contributed by atoms with Crippen molar-refractivity contribution < 1.29 is 9.59 Å². The Morgan fingerprint density at radius 3 is 1.57 bits per heavy atom. The molecule has 0 radical (unpaired) electrons. The topological polar surface area (TPSA) is 46.2 Å². The highest BCUT2D eigenvalue weighted by molar-refractivity contribution is 7.80. The van der Waals surface area contributed by atoms with Crippen molar-refractivity contribution >= 4 is 24.3 Å². The largest absolute Gasteiger partial charge is 0.346 e. The van der Waals surface area contributed by atoms with Crippen LogP contribution in [-0.2, 0) is 9.59 Å². The molecule has 1 amide bonds. The smallest absolute Gasteiger partial charge is 0.217 e. The number of rotatable bonds is 3. The van der Waals surface area contributed by atoms with Crippen molar-refractivity contribution in [1.29, 1.82) is 0 Å². The molecule has 0 aromatic carbocycles. The Bertz CT molecular complexity index is 149. The van der Waals surface area contributed by atoms with E-state index in [1.54, 1.807) is 0 Å². The van der Waals surface area contributed by atoms with Crippen molar-refractivity contribution in [2.24, 2.45) is 0 Å². The minimum absolute atomic E-state index is 0.0646. The molecule has 0 heterocycles. The SMILES string of the molecule is CC.CC.CC(=O)N[C@@H](CS)C(C)=O. The Kier molecular flexibility index (Phi) is 20.5. The fourth-order valence-electron chi connectivity index (χ4n) is 0.521. The first-order valence-electron chi connectivity index (χ1n) is 4.96. The van der Waals surface area contributed by atoms with Gasteiger partial charge in [-0.1, -0.05) is 27.7 Å². The summed E-state index contributed by atoms with van der Waals surface area (Å²) in [7, 11) is 0. The third kappa shape index (κ3) is 14.0. The summed E-state index contributed by atoms with van der Waals surface area (Å²) in [5, 5.41) is 2.46. The van der Waals surface area contributed by atoms with Crippen LogP contribution in [0.4, 0.5) is 0 Å². The van der Waals surface area contributed by atoms with E-state index >= 15 is 0 Å². The number of carbonyl (C=O) groups excluding carboxylic acids is 2. The predicted octanol–water partition coefficient (Wildman–Crippen LogP) is 2.06. The van der Waals surface area contributed by atoms with Crippen molar-refractivity contribution in [3.63, 3.8) is 0 Å². The summed E-state index contributed by atoms with van der Waals surface area (Å²) in [5.41, 5.74) is 0. The lowest BCUT2D eigenvalue weighted by atomic mass is 10.2. The van der Waals surface area contributed by atoms with Gasteiger partial charge in [0.15, 0.2) is 5.78 Å². The van der Waals surface area contributed by atoms with Crippen LogP contribution in [0.1, 0.15) is 41.5 Å². The van der Waals surface area contributed by atoms with Gasteiger partial charge in [-0.05, 0) is 6.92 Å². The number of amides is 1. The molecule has 1 N–H and O–H groups in total. The number of carbonyl (C=O) groups is 2. The molecular formula is C10H23NO2S. The second-order valence-corrected chi connectivity index (χ2v) is 2.41. The zero-order valence-corrected chi connectivity index (χ0v) is 10.9. The van der Waals surface area contributed by atoms with Crippen molar-refractivity contribution in [1.82, 2.24) is 5.32 Å². The monoisotopic (exact) mass is 221 g/mol. The number of hydrogen-bond donors (Lipinski definition) is 2. The van der Waals surface area contributed by atoms with Crippen LogP contribution >= 0.6 is 12.6 Å². The summed E-state index contributed by atoms with van der Waals surface area (Å²) in [5.74, 6) is 0.0917. The minimum atomic E-state index is -0.430. The van der Waals surface area contributed by atoms with Gasteiger partial charge in [0.1, 0.15) is 0 Å². The van der Waals surface area contributed by atoms with Crippen LogP contribution in [0.2, 0.25) is 0 Å². The Morgan fingerprint density at radius 2 is 1.50 bits per heavy atom. The summed E-state index contributed by atoms with van der Waals surface area (Å²) >= 11 is 3.89. The quantitative estimate of drug-likeness (QED) is 0.717. The summed E-state index contributed by atoms with van der Waals surface area (Å²) in [6.07, 6.45) is 0. The van der Waals surface area contributed by atoms with Gasteiger partial charge in [-0.2, -0.15) is 12.6 Å². The average Bonchev–Trinajstić information content (AvgIpc) is 2.19. The zero-order chi connectivity index (χ0) is 12.1. The number of ketones is 1. The molecular weight excluding hydrogens is 198 g/mol. The van der Waals surface area contributed by atoms with E-state index < -0.39 is 6.04 Å². The first kappa shape index (κ1) is 19.1. The summed E-state index contributed by atoms with van der Waals surface area (Å²) in [4.78, 5) is 21.1. The van der Waals surface area contributed by atoms with Gasteiger partial charge < -0.3 is 5.32 Å². The lowest BCUT2D eigenvalue weighted by Crippen LogP contribution is -2.39. The van der Waals surface area contributed by atoms with Gasteiger partial charge in [0.25, 0.3) is 0 Å². The lowest BCUT2D eigenvalue weighted by molar-refractivity contribution is -0.125. The maximum atomic E-state index is 10.6. The first-order valence-corrected chi connectivity index (χ1v) is 5.59. The normalized spacial score (nSPS) is 9.64. The maximum Gasteiger partial charge on any atom is 0.217 e. The number of Topliss-reactive ketones (excluding diaryl/α,β-unsaturated/α-hetero) is 1. The molecule has 86 valence electrons. The van der Waals surface area contributed by atoms with E-state index in [4.69, 9.17) is 0 Å². The highest BCUT2D eigenvalue weighted by Crippen LogP contribution is 1.88. The molecule has 1 atom stereocenters. The van der Waals surface area contributed by atoms with E-state index in [0.29, 0.717) is 5.75 Å². The molecule has 0 saturated carbocycles. The predicted molar refractivity (Wildman–Crippen MR) is 64.8 cm³/mol. The molecule has 0 saturated heterocycles. The van der Waals surface area contributed by atoms with Crippen LogP contribution in [0.15, 0.2) is 0 Å². The van der Waals surface area contributed by atoms with Gasteiger partial charge >= 0.3 is 0 Å². The standard InChI is InChI=1S/C6H11NO2S.2C2H6/c1-4(8)6(3-10)7-5(2)9;2*1-2/h6,10H,3H2,1-2H3,(H,7,9);2*1-2H3/t6-;;/m0../s1. The zero-order valence-electron chi connectivity index (χ0n) is 10.0. The van der Waals surface area contributed by atoms with Crippen molar-refractivity contribution in [3.05, 3.63) is 0 Å². The van der Waals surface area contributed by atoms with Gasteiger partial charge in [0.05, 0.1) is 6.04 Å². The van der Waals surface area contributed by atoms with Crippen LogP contribution < -0.4 is 5.32 Å². The van der Waals surface area contributed by atoms with Gasteiger partial charge in [-0.15, -0.1) is 0 Å². The fraction of sp³-hybridized carbons (Fsp3) is 0.800. The fourth-order valence-corrected chi connectivity index (χ4v) is 0.870. The van der Waals surface area contributed by atoms with Crippen LogP contribution in [0.5, 0.6) is 0 Å². The lowest BCUT2D eigenvalue weighted by Gasteiger charge is -2.10. The summed E-state index contributed by atoms with van der Waals surface area (Å²) < 4.78 is 0. The van der Waals surface area contributed by atoms with E-state index in [-0.39, 0.29) is 11.7 Å². The molecule has 0 spiro atoms. The van der Waals surface area contributed by atoms with Crippen LogP contribution in [0, 0.1) is 0 Å². The Balaban J connectivity index is -0.000000266. The molecule has 0 aliphatic carbocycles. The number of nitrogens with one attached hydrogen (secondary N) is 1. The van der Waals surface area contributed by atoms with E-state index in [9.17, 15) is 9.59 Å². The van der Waals surface area contributed by atoms with Gasteiger partial charge in [-0.25, -0.2) is 0 Å². The molecule has 0 bridgehead atoms. The minimum Gasteiger partial charge on any atom is -0.346 e. The van der Waals surface area contributed by atoms with Crippen LogP contribution in [0.25, 0.3) is 0 Å². The third-order valence-corrected chi connectivity index (χ3v) is 1.42.